The maximum absolute atomic E-state index is 14.9. The average molecular weight is 771 g/mol. The Labute approximate surface area is 303 Å². The van der Waals surface area contributed by atoms with Crippen LogP contribution < -0.4 is 15.2 Å². The normalized spacial score (nSPS) is 20.5. The molecule has 2 aliphatic rings. The zero-order valence-corrected chi connectivity index (χ0v) is 29.2. The topological polar surface area (TPSA) is 152 Å². The number of carboxylic acid groups (broad SMARTS) is 1. The van der Waals surface area contributed by atoms with Crippen LogP contribution in [0.4, 0.5) is 26.3 Å². The van der Waals surface area contributed by atoms with Crippen LogP contribution in [0.5, 0.6) is 11.5 Å². The molecule has 2 aromatic heterocycles. The number of likely N-dealkylation sites (tertiary alicyclic amines) is 2. The lowest BCUT2D eigenvalue weighted by atomic mass is 9.71. The smallest absolute Gasteiger partial charge is 0.425 e. The molecule has 3 amide bonds. The number of nitrogens with zero attached hydrogens (tertiary/aromatic N) is 3. The molecular weight excluding hydrogens is 734 g/mol. The summed E-state index contributed by atoms with van der Waals surface area (Å²) in [5.74, 6) is -4.10. The summed E-state index contributed by atoms with van der Waals surface area (Å²) in [4.78, 5) is 58.4. The molecule has 2 fully saturated rings. The Balaban J connectivity index is 1.55. The Bertz CT molecular complexity index is 1840. The van der Waals surface area contributed by atoms with Gasteiger partial charge in [0.2, 0.25) is 11.5 Å². The van der Waals surface area contributed by atoms with E-state index in [2.05, 4.69) is 4.98 Å². The van der Waals surface area contributed by atoms with Crippen LogP contribution >= 0.6 is 11.3 Å². The fraction of sp³-hybridized carbons (Fsp3) is 0.457. The molecule has 3 N–H and O–H groups in total. The fourth-order valence-electron chi connectivity index (χ4n) is 7.21. The minimum atomic E-state index is -4.94. The summed E-state index contributed by atoms with van der Waals surface area (Å²) in [6, 6.07) is 7.46. The largest absolute Gasteiger partial charge is 0.482 e. The van der Waals surface area contributed by atoms with Crippen LogP contribution in [0.2, 0.25) is 0 Å². The molecule has 0 radical (unpaired) electrons. The van der Waals surface area contributed by atoms with Gasteiger partial charge in [-0.1, -0.05) is 31.5 Å². The number of piperidine rings is 2. The minimum absolute atomic E-state index is 0.0231. The number of carboxylic acids is 1. The van der Waals surface area contributed by atoms with Gasteiger partial charge in [0.05, 0.1) is 17.0 Å². The second kappa shape index (κ2) is 15.2. The lowest BCUT2D eigenvalue weighted by Gasteiger charge is -2.51. The van der Waals surface area contributed by atoms with Crippen LogP contribution in [-0.2, 0) is 32.2 Å². The van der Waals surface area contributed by atoms with Crippen LogP contribution in [0.3, 0.4) is 0 Å². The Morgan fingerprint density at radius 3 is 2.30 bits per heavy atom. The molecule has 2 atom stereocenters. The first-order valence-electron chi connectivity index (χ1n) is 16.7. The second-order valence-electron chi connectivity index (χ2n) is 12.9. The number of aliphatic carboxylic acids is 1. The predicted octanol–water partition coefficient (Wildman–Crippen LogP) is 5.91. The summed E-state index contributed by atoms with van der Waals surface area (Å²) in [7, 11) is 0. The molecule has 0 unspecified atom stereocenters. The second-order valence-corrected chi connectivity index (χ2v) is 13.8. The van der Waals surface area contributed by atoms with Crippen molar-refractivity contribution in [3.63, 3.8) is 0 Å². The number of para-hydroxylation sites is 1. The highest BCUT2D eigenvalue weighted by Gasteiger charge is 2.57. The van der Waals surface area contributed by atoms with Gasteiger partial charge in [-0.3, -0.25) is 19.4 Å². The molecule has 0 aliphatic carbocycles. The lowest BCUT2D eigenvalue weighted by molar-refractivity contribution is -0.161. The van der Waals surface area contributed by atoms with Crippen LogP contribution in [0.25, 0.3) is 0 Å². The fourth-order valence-corrected chi connectivity index (χ4v) is 7.89. The number of hydrogen-bond donors (Lipinski definition) is 2. The van der Waals surface area contributed by atoms with Crippen LogP contribution in [-0.4, -0.2) is 81.5 Å². The van der Waals surface area contributed by atoms with Crippen LogP contribution in [0, 0.1) is 0 Å². The number of ether oxygens (including phenoxy) is 2. The molecule has 0 spiro atoms. The Morgan fingerprint density at radius 1 is 1.00 bits per heavy atom. The average Bonchev–Trinajstić information content (AvgIpc) is 3.60. The molecular formula is C35H36F6N4O7S. The quantitative estimate of drug-likeness (QED) is 0.229. The molecule has 2 aliphatic heterocycles. The van der Waals surface area contributed by atoms with Crippen LogP contribution in [0.1, 0.15) is 71.9 Å². The highest BCUT2D eigenvalue weighted by atomic mass is 32.1. The summed E-state index contributed by atoms with van der Waals surface area (Å²) in [5, 5.41) is 10.2. The van der Waals surface area contributed by atoms with Crippen molar-refractivity contribution >= 4 is 35.0 Å². The van der Waals surface area contributed by atoms with Crippen molar-refractivity contribution < 1.29 is 60.1 Å². The predicted molar refractivity (Wildman–Crippen MR) is 177 cm³/mol. The first kappa shape index (κ1) is 39.3. The number of amides is 3. The van der Waals surface area contributed by atoms with Gasteiger partial charge < -0.3 is 30.1 Å². The summed E-state index contributed by atoms with van der Waals surface area (Å²) in [5.41, 5.74) is 0.583. The number of carbonyl (C=O) groups is 4. The number of carbonyl (C=O) groups excluding carboxylic acids is 3. The van der Waals surface area contributed by atoms with E-state index in [1.807, 2.05) is 0 Å². The number of benzene rings is 1. The molecule has 3 aromatic rings. The van der Waals surface area contributed by atoms with Gasteiger partial charge >= 0.3 is 18.3 Å². The Hall–Kier alpha value is -4.87. The van der Waals surface area contributed by atoms with E-state index in [9.17, 15) is 45.5 Å². The van der Waals surface area contributed by atoms with Crippen molar-refractivity contribution in [3.05, 3.63) is 75.7 Å². The Morgan fingerprint density at radius 2 is 1.70 bits per heavy atom. The van der Waals surface area contributed by atoms with Gasteiger partial charge in [0, 0.05) is 49.3 Å². The maximum atomic E-state index is 14.9. The zero-order chi connectivity index (χ0) is 38.8. The number of thiophene rings is 1. The van der Waals surface area contributed by atoms with E-state index in [4.69, 9.17) is 20.3 Å². The standard InChI is InChI=1S/C35H36F6N4O7S/c1-2-7-25-33(52-21-18-26(53-20-21)35(39,40)41,11-6-15-45(25)29(48)28-23(34(36,37)38)9-5-14-43-28)31(50)44-16-12-32(13-17-44,30(42)49)22-8-3-4-10-24(22)51-19-27(46)47/h3-5,8-10,14,18,20,25H,2,6-7,11-13,15-17,19H2,1H3,(H2,42,49)(H,46,47)/t25-,33+/m1/s1. The molecule has 53 heavy (non-hydrogen) atoms. The van der Waals surface area contributed by atoms with Gasteiger partial charge in [0.1, 0.15) is 22.1 Å². The van der Waals surface area contributed by atoms with Gasteiger partial charge in [0.25, 0.3) is 11.8 Å². The van der Waals surface area contributed by atoms with Crippen molar-refractivity contribution in [1.82, 2.24) is 14.8 Å². The SMILES string of the molecule is CCC[C@H]1N(C(=O)c2ncccc2C(F)(F)F)CCC[C@@]1(Oc1csc(C(F)(F)F)c1)C(=O)N1CCC(C(N)=O)(c2ccccc2OCC(=O)O)CC1. The zero-order valence-electron chi connectivity index (χ0n) is 28.3. The number of halogens is 6. The molecule has 2 saturated heterocycles. The molecule has 11 nitrogen and oxygen atoms in total. The third-order valence-corrected chi connectivity index (χ3v) is 10.6. The van der Waals surface area contributed by atoms with Crippen molar-refractivity contribution in [3.8, 4) is 11.5 Å². The van der Waals surface area contributed by atoms with Crippen molar-refractivity contribution in [1.29, 1.82) is 0 Å². The molecule has 5 rings (SSSR count). The monoisotopic (exact) mass is 770 g/mol. The van der Waals surface area contributed by atoms with Gasteiger partial charge in [-0.15, -0.1) is 11.3 Å². The number of rotatable bonds is 11. The number of aromatic nitrogens is 1. The number of hydrogen-bond acceptors (Lipinski definition) is 8. The first-order chi connectivity index (χ1) is 24.9. The number of primary amides is 1. The molecule has 4 heterocycles. The van der Waals surface area contributed by atoms with E-state index in [-0.39, 0.29) is 63.2 Å². The first-order valence-corrected chi connectivity index (χ1v) is 17.5. The van der Waals surface area contributed by atoms with E-state index in [1.54, 1.807) is 25.1 Å². The third kappa shape index (κ3) is 7.91. The molecule has 0 saturated carbocycles. The number of alkyl halides is 6. The van der Waals surface area contributed by atoms with Gasteiger partial charge in [-0.25, -0.2) is 4.79 Å². The van der Waals surface area contributed by atoms with Gasteiger partial charge in [0.15, 0.2) is 6.61 Å². The van der Waals surface area contributed by atoms with E-state index in [0.717, 1.165) is 28.6 Å². The lowest BCUT2D eigenvalue weighted by Crippen LogP contribution is -2.69. The van der Waals surface area contributed by atoms with Crippen molar-refractivity contribution in [2.45, 2.75) is 74.9 Å². The van der Waals surface area contributed by atoms with Gasteiger partial charge in [-0.05, 0) is 43.9 Å². The highest BCUT2D eigenvalue weighted by Crippen LogP contribution is 2.45. The maximum Gasteiger partial charge on any atom is 0.425 e. The molecule has 1 aromatic carbocycles. The van der Waals surface area contributed by atoms with Crippen molar-refractivity contribution in [2.75, 3.05) is 26.2 Å². The minimum Gasteiger partial charge on any atom is -0.482 e. The summed E-state index contributed by atoms with van der Waals surface area (Å²) in [6.45, 7) is 0.648. The van der Waals surface area contributed by atoms with Crippen LogP contribution in [0.15, 0.2) is 54.0 Å². The molecule has 286 valence electrons. The number of nitrogens with two attached hydrogens (primary N) is 1. The van der Waals surface area contributed by atoms with E-state index in [0.29, 0.717) is 29.4 Å². The summed E-state index contributed by atoms with van der Waals surface area (Å²) < 4.78 is 94.8. The van der Waals surface area contributed by atoms with Crippen molar-refractivity contribution in [2.24, 2.45) is 5.73 Å². The summed E-state index contributed by atoms with van der Waals surface area (Å²) >= 11 is 0.331. The molecule has 18 heteroatoms. The van der Waals surface area contributed by atoms with E-state index < -0.39 is 75.8 Å². The third-order valence-electron chi connectivity index (χ3n) is 9.65. The highest BCUT2D eigenvalue weighted by molar-refractivity contribution is 7.10. The molecule has 0 bridgehead atoms. The Kier molecular flexibility index (Phi) is 11.3. The van der Waals surface area contributed by atoms with E-state index in [1.165, 1.54) is 11.0 Å². The summed E-state index contributed by atoms with van der Waals surface area (Å²) in [6.07, 6.45) is -8.53. The number of pyridine rings is 1. The van der Waals surface area contributed by atoms with Gasteiger partial charge in [-0.2, -0.15) is 26.3 Å². The van der Waals surface area contributed by atoms with E-state index >= 15 is 0 Å².